The summed E-state index contributed by atoms with van der Waals surface area (Å²) in [7, 11) is 0. The molecular weight excluding hydrogens is 439 g/mol. The van der Waals surface area contributed by atoms with Crippen LogP contribution in [-0.2, 0) is 4.79 Å². The fraction of sp³-hybridized carbons (Fsp3) is 0.182. The number of ketones is 1. The monoisotopic (exact) mass is 454 g/mol. The zero-order valence-electron chi connectivity index (χ0n) is 16.1. The van der Waals surface area contributed by atoms with Gasteiger partial charge in [0.1, 0.15) is 5.82 Å². The molecule has 0 radical (unpaired) electrons. The second kappa shape index (κ2) is 8.06. The number of anilines is 1. The predicted octanol–water partition coefficient (Wildman–Crippen LogP) is 5.21. The summed E-state index contributed by atoms with van der Waals surface area (Å²) in [6, 6.07) is 13.1. The largest absolute Gasteiger partial charge is 0.384 e. The number of allylic oxidation sites excluding steroid dienone is 3. The number of halogens is 2. The van der Waals surface area contributed by atoms with E-state index in [0.29, 0.717) is 46.8 Å². The van der Waals surface area contributed by atoms with E-state index in [4.69, 9.17) is 28.9 Å². The third-order valence-electron chi connectivity index (χ3n) is 5.52. The summed E-state index contributed by atoms with van der Waals surface area (Å²) in [5, 5.41) is 21.6. The molecule has 31 heavy (non-hydrogen) atoms. The van der Waals surface area contributed by atoms with E-state index in [2.05, 4.69) is 6.07 Å². The van der Waals surface area contributed by atoms with Gasteiger partial charge in [-0.25, -0.2) is 0 Å². The lowest BCUT2D eigenvalue weighted by Crippen LogP contribution is -2.38. The van der Waals surface area contributed by atoms with Crippen LogP contribution < -0.4 is 10.6 Å². The first-order valence-corrected chi connectivity index (χ1v) is 10.2. The normalized spacial score (nSPS) is 18.7. The van der Waals surface area contributed by atoms with E-state index >= 15 is 0 Å². The van der Waals surface area contributed by atoms with Crippen LogP contribution in [0.4, 0.5) is 11.4 Å². The Morgan fingerprint density at radius 1 is 1.16 bits per heavy atom. The molecule has 2 N–H and O–H groups in total. The van der Waals surface area contributed by atoms with Gasteiger partial charge < -0.3 is 5.73 Å². The Kier molecular flexibility index (Phi) is 5.44. The maximum Gasteiger partial charge on any atom is 0.269 e. The molecule has 1 atom stereocenters. The highest BCUT2D eigenvalue weighted by Crippen LogP contribution is 2.48. The fourth-order valence-corrected chi connectivity index (χ4v) is 4.58. The molecule has 0 unspecified atom stereocenters. The van der Waals surface area contributed by atoms with Gasteiger partial charge >= 0.3 is 0 Å². The van der Waals surface area contributed by atoms with E-state index in [-0.39, 0.29) is 27.9 Å². The third kappa shape index (κ3) is 3.44. The van der Waals surface area contributed by atoms with Crippen LogP contribution in [0, 0.1) is 21.4 Å². The molecule has 0 spiro atoms. The van der Waals surface area contributed by atoms with Gasteiger partial charge in [-0.15, -0.1) is 0 Å². The minimum Gasteiger partial charge on any atom is -0.384 e. The van der Waals surface area contributed by atoms with E-state index in [9.17, 15) is 20.2 Å². The molecule has 2 aromatic carbocycles. The van der Waals surface area contributed by atoms with Crippen LogP contribution in [0.3, 0.4) is 0 Å². The van der Waals surface area contributed by atoms with Crippen molar-refractivity contribution in [2.24, 2.45) is 5.73 Å². The van der Waals surface area contributed by atoms with Crippen molar-refractivity contribution in [2.45, 2.75) is 25.2 Å². The number of carbonyl (C=O) groups is 1. The maximum atomic E-state index is 13.1. The molecule has 9 heteroatoms. The summed E-state index contributed by atoms with van der Waals surface area (Å²) in [6.45, 7) is 0. The van der Waals surface area contributed by atoms with E-state index in [0.717, 1.165) is 0 Å². The van der Waals surface area contributed by atoms with E-state index in [1.807, 2.05) is 0 Å². The first-order valence-electron chi connectivity index (χ1n) is 9.49. The molecule has 4 rings (SSSR count). The van der Waals surface area contributed by atoms with Crippen LogP contribution in [0.1, 0.15) is 30.7 Å². The minimum absolute atomic E-state index is 0.0682. The standard InChI is InChI=1S/C22H16Cl2N4O3/c23-16-4-1-3-14(21(16)24)19-15(11-25)22(26)27(17-5-2-6-18(29)20(17)19)12-7-9-13(10-8-12)28(30)31/h1,3-4,7-10,19H,2,5-6,26H2/t19-/m0/s1. The molecule has 0 bridgehead atoms. The Morgan fingerprint density at radius 2 is 1.87 bits per heavy atom. The van der Waals surface area contributed by atoms with Crippen molar-refractivity contribution in [2.75, 3.05) is 4.90 Å². The molecule has 0 fully saturated rings. The number of hydrogen-bond donors (Lipinski definition) is 1. The number of nitro benzene ring substituents is 1. The van der Waals surface area contributed by atoms with Gasteiger partial charge in [-0.3, -0.25) is 19.8 Å². The first-order chi connectivity index (χ1) is 14.8. The van der Waals surface area contributed by atoms with E-state index < -0.39 is 10.8 Å². The van der Waals surface area contributed by atoms with E-state index in [1.165, 1.54) is 12.1 Å². The summed E-state index contributed by atoms with van der Waals surface area (Å²) >= 11 is 12.7. The van der Waals surface area contributed by atoms with Gasteiger partial charge in [0.25, 0.3) is 5.69 Å². The summed E-state index contributed by atoms with van der Waals surface area (Å²) in [4.78, 5) is 25.2. The van der Waals surface area contributed by atoms with Gasteiger partial charge in [-0.05, 0) is 36.6 Å². The van der Waals surface area contributed by atoms with Gasteiger partial charge in [-0.2, -0.15) is 5.26 Å². The number of nitrogens with two attached hydrogens (primary N) is 1. The Labute approximate surface area is 188 Å². The highest BCUT2D eigenvalue weighted by atomic mass is 35.5. The van der Waals surface area contributed by atoms with Gasteiger partial charge in [0.05, 0.1) is 32.5 Å². The summed E-state index contributed by atoms with van der Waals surface area (Å²) in [5.74, 6) is -0.659. The number of Topliss-reactive ketones (excluding diaryl/α,β-unsaturated/α-hetero) is 1. The summed E-state index contributed by atoms with van der Waals surface area (Å²) in [6.07, 6.45) is 1.54. The van der Waals surface area contributed by atoms with E-state index in [1.54, 1.807) is 35.2 Å². The number of rotatable bonds is 3. The number of nitrogens with zero attached hydrogens (tertiary/aromatic N) is 3. The van der Waals surface area contributed by atoms with Crippen molar-refractivity contribution in [3.63, 3.8) is 0 Å². The second-order valence-electron chi connectivity index (χ2n) is 7.23. The second-order valence-corrected chi connectivity index (χ2v) is 8.02. The average Bonchev–Trinajstić information content (AvgIpc) is 2.75. The van der Waals surface area contributed by atoms with Crippen LogP contribution in [-0.4, -0.2) is 10.7 Å². The molecule has 0 aromatic heterocycles. The predicted molar refractivity (Wildman–Crippen MR) is 117 cm³/mol. The van der Waals surface area contributed by atoms with Crippen LogP contribution in [0.25, 0.3) is 0 Å². The molecule has 1 aliphatic carbocycles. The maximum absolute atomic E-state index is 13.1. The van der Waals surface area contributed by atoms with Crippen molar-refractivity contribution < 1.29 is 9.72 Å². The highest BCUT2D eigenvalue weighted by Gasteiger charge is 2.41. The number of hydrogen-bond acceptors (Lipinski definition) is 6. The van der Waals surface area contributed by atoms with Gasteiger partial charge in [0, 0.05) is 35.5 Å². The van der Waals surface area contributed by atoms with Crippen molar-refractivity contribution in [3.05, 3.63) is 90.9 Å². The third-order valence-corrected chi connectivity index (χ3v) is 6.36. The average molecular weight is 455 g/mol. The molecule has 0 saturated heterocycles. The number of non-ortho nitro benzene ring substituents is 1. The quantitative estimate of drug-likeness (QED) is 0.502. The lowest BCUT2D eigenvalue weighted by molar-refractivity contribution is -0.384. The smallest absolute Gasteiger partial charge is 0.269 e. The summed E-state index contributed by atoms with van der Waals surface area (Å²) in [5.41, 5.74) is 8.77. The van der Waals surface area contributed by atoms with Gasteiger partial charge in [0.15, 0.2) is 5.78 Å². The lowest BCUT2D eigenvalue weighted by atomic mass is 9.75. The van der Waals surface area contributed by atoms with Crippen LogP contribution in [0.5, 0.6) is 0 Å². The first kappa shape index (κ1) is 20.9. The van der Waals surface area contributed by atoms with Crippen LogP contribution in [0.15, 0.2) is 65.1 Å². The Hall–Kier alpha value is -3.34. The number of nitro groups is 1. The van der Waals surface area contributed by atoms with Crippen LogP contribution >= 0.6 is 23.2 Å². The highest BCUT2D eigenvalue weighted by molar-refractivity contribution is 6.42. The Bertz CT molecular complexity index is 1210. The number of carbonyl (C=O) groups excluding carboxylic acids is 1. The lowest BCUT2D eigenvalue weighted by Gasteiger charge is -2.39. The van der Waals surface area contributed by atoms with Gasteiger partial charge in [-0.1, -0.05) is 35.3 Å². The minimum atomic E-state index is -0.728. The fourth-order valence-electron chi connectivity index (χ4n) is 4.16. The molecule has 156 valence electrons. The number of benzene rings is 2. The van der Waals surface area contributed by atoms with Gasteiger partial charge in [0.2, 0.25) is 0 Å². The zero-order valence-corrected chi connectivity index (χ0v) is 17.7. The topological polar surface area (TPSA) is 113 Å². The van der Waals surface area contributed by atoms with Crippen molar-refractivity contribution >= 4 is 40.4 Å². The van der Waals surface area contributed by atoms with Crippen LogP contribution in [0.2, 0.25) is 10.0 Å². The molecule has 7 nitrogen and oxygen atoms in total. The van der Waals surface area contributed by atoms with Crippen molar-refractivity contribution in [1.29, 1.82) is 5.26 Å². The van der Waals surface area contributed by atoms with Crippen molar-refractivity contribution in [1.82, 2.24) is 0 Å². The molecule has 1 heterocycles. The zero-order chi connectivity index (χ0) is 22.3. The SMILES string of the molecule is N#CC1=C(N)N(c2ccc([N+](=O)[O-])cc2)C2=C(C(=O)CCC2)[C@H]1c1cccc(Cl)c1Cl. The molecule has 2 aromatic rings. The Balaban J connectivity index is 1.96. The molecule has 2 aliphatic rings. The molecule has 0 amide bonds. The molecular formula is C22H16Cl2N4O3. The summed E-state index contributed by atoms with van der Waals surface area (Å²) < 4.78 is 0. The molecule has 0 saturated carbocycles. The Morgan fingerprint density at radius 3 is 2.52 bits per heavy atom. The van der Waals surface area contributed by atoms with Crippen molar-refractivity contribution in [3.8, 4) is 6.07 Å². The number of nitriles is 1. The molecule has 1 aliphatic heterocycles.